The van der Waals surface area contributed by atoms with Gasteiger partial charge < -0.3 is 10.2 Å². The van der Waals surface area contributed by atoms with Crippen LogP contribution in [0.4, 0.5) is 0 Å². The van der Waals surface area contributed by atoms with E-state index in [2.05, 4.69) is 67.3 Å². The summed E-state index contributed by atoms with van der Waals surface area (Å²) < 4.78 is 0. The van der Waals surface area contributed by atoms with Crippen LogP contribution in [0.1, 0.15) is 55.5 Å². The van der Waals surface area contributed by atoms with Gasteiger partial charge in [-0.3, -0.25) is 0 Å². The summed E-state index contributed by atoms with van der Waals surface area (Å²) in [5.74, 6) is 0.412. The van der Waals surface area contributed by atoms with Gasteiger partial charge in [0.05, 0.1) is 0 Å². The van der Waals surface area contributed by atoms with Crippen molar-refractivity contribution in [3.63, 3.8) is 0 Å². The fraction of sp³-hybridized carbons (Fsp3) is 0.259. The molecular weight excluding hydrogens is 387 g/mol. The minimum absolute atomic E-state index is 0.177. The Morgan fingerprint density at radius 3 is 2.37 bits per heavy atom. The second-order valence-corrected chi connectivity index (χ2v) is 10.1. The van der Waals surface area contributed by atoms with Crippen LogP contribution in [0.15, 0.2) is 54.6 Å². The summed E-state index contributed by atoms with van der Waals surface area (Å²) in [4.78, 5) is 0. The summed E-state index contributed by atoms with van der Waals surface area (Å²) in [5, 5.41) is 23.4. The monoisotopic (exact) mass is 416 g/mol. The first kappa shape index (κ1) is 20.7. The topological polar surface area (TPSA) is 40.5 Å². The molecule has 0 radical (unpaired) electrons. The Bertz CT molecular complexity index is 1180. The average Bonchev–Trinajstić information content (AvgIpc) is 3.02. The SMILES string of the molecule is Cc1cc(-c2c(O)ccc(P)c2C2(C)C=Cc3ccccc32)c(O)c(C(C)(C)C)c1. The molecule has 2 nitrogen and oxygen atoms in total. The van der Waals surface area contributed by atoms with Gasteiger partial charge in [0, 0.05) is 22.1 Å². The molecule has 0 amide bonds. The van der Waals surface area contributed by atoms with Crippen LogP contribution >= 0.6 is 9.24 Å². The maximum Gasteiger partial charge on any atom is 0.127 e. The zero-order chi connectivity index (χ0) is 21.8. The zero-order valence-corrected chi connectivity index (χ0v) is 19.4. The van der Waals surface area contributed by atoms with Gasteiger partial charge in [-0.05, 0) is 59.0 Å². The van der Waals surface area contributed by atoms with Crippen LogP contribution in [0.5, 0.6) is 11.5 Å². The van der Waals surface area contributed by atoms with Gasteiger partial charge >= 0.3 is 0 Å². The molecule has 30 heavy (non-hydrogen) atoms. The fourth-order valence-electron chi connectivity index (χ4n) is 4.66. The van der Waals surface area contributed by atoms with E-state index < -0.39 is 5.41 Å². The molecule has 3 aromatic rings. The van der Waals surface area contributed by atoms with E-state index in [-0.39, 0.29) is 16.9 Å². The highest BCUT2D eigenvalue weighted by molar-refractivity contribution is 7.27. The number of aryl methyl sites for hydroxylation is 1. The van der Waals surface area contributed by atoms with Gasteiger partial charge in [0.25, 0.3) is 0 Å². The third-order valence-electron chi connectivity index (χ3n) is 6.18. The minimum atomic E-state index is -0.417. The van der Waals surface area contributed by atoms with E-state index in [0.717, 1.165) is 22.0 Å². The summed E-state index contributed by atoms with van der Waals surface area (Å²) in [6, 6.07) is 16.0. The Balaban J connectivity index is 2.08. The molecule has 1 aliphatic carbocycles. The van der Waals surface area contributed by atoms with Crippen molar-refractivity contribution in [3.05, 3.63) is 82.4 Å². The van der Waals surface area contributed by atoms with E-state index in [0.29, 0.717) is 11.1 Å². The highest BCUT2D eigenvalue weighted by Crippen LogP contribution is 2.50. The Morgan fingerprint density at radius 1 is 0.967 bits per heavy atom. The minimum Gasteiger partial charge on any atom is -0.507 e. The van der Waals surface area contributed by atoms with E-state index >= 15 is 0 Å². The molecule has 0 spiro atoms. The summed E-state index contributed by atoms with van der Waals surface area (Å²) in [6.45, 7) is 10.5. The molecule has 0 saturated carbocycles. The van der Waals surface area contributed by atoms with E-state index in [1.54, 1.807) is 6.07 Å². The van der Waals surface area contributed by atoms with Crippen molar-refractivity contribution < 1.29 is 10.2 Å². The maximum absolute atomic E-state index is 11.3. The fourth-order valence-corrected chi connectivity index (χ4v) is 5.20. The van der Waals surface area contributed by atoms with Gasteiger partial charge in [-0.25, -0.2) is 0 Å². The molecule has 2 unspecified atom stereocenters. The second-order valence-electron chi connectivity index (χ2n) is 9.51. The number of fused-ring (bicyclic) bond motifs is 1. The smallest absolute Gasteiger partial charge is 0.127 e. The third kappa shape index (κ3) is 3.15. The van der Waals surface area contributed by atoms with Crippen LogP contribution < -0.4 is 5.30 Å². The van der Waals surface area contributed by atoms with Crippen molar-refractivity contribution >= 4 is 20.6 Å². The molecule has 0 bridgehead atoms. The highest BCUT2D eigenvalue weighted by Gasteiger charge is 2.37. The number of hydrogen-bond acceptors (Lipinski definition) is 2. The van der Waals surface area contributed by atoms with Gasteiger partial charge in [-0.2, -0.15) is 0 Å². The number of phenolic OH excluding ortho intramolecular Hbond substituents is 2. The molecule has 154 valence electrons. The van der Waals surface area contributed by atoms with Gasteiger partial charge in [-0.1, -0.05) is 69.3 Å². The second kappa shape index (κ2) is 7.00. The van der Waals surface area contributed by atoms with Crippen LogP contribution in [0.3, 0.4) is 0 Å². The first-order valence-electron chi connectivity index (χ1n) is 10.3. The molecule has 0 saturated heterocycles. The molecule has 2 N–H and O–H groups in total. The van der Waals surface area contributed by atoms with Gasteiger partial charge in [0.15, 0.2) is 0 Å². The number of benzene rings is 3. The number of phenols is 2. The van der Waals surface area contributed by atoms with Crippen molar-refractivity contribution in [2.75, 3.05) is 0 Å². The molecule has 1 aliphatic rings. The lowest BCUT2D eigenvalue weighted by Crippen LogP contribution is -2.26. The van der Waals surface area contributed by atoms with Crippen LogP contribution in [0.25, 0.3) is 17.2 Å². The molecule has 4 rings (SSSR count). The van der Waals surface area contributed by atoms with Crippen LogP contribution in [0.2, 0.25) is 0 Å². The predicted octanol–water partition coefficient (Wildman–Crippen LogP) is 6.20. The van der Waals surface area contributed by atoms with Gasteiger partial charge in [0.1, 0.15) is 11.5 Å². The lowest BCUT2D eigenvalue weighted by atomic mass is 9.73. The lowest BCUT2D eigenvalue weighted by molar-refractivity contribution is 0.446. The first-order chi connectivity index (χ1) is 14.0. The van der Waals surface area contributed by atoms with Crippen LogP contribution in [-0.4, -0.2) is 10.2 Å². The van der Waals surface area contributed by atoms with Gasteiger partial charge in [-0.15, -0.1) is 9.24 Å². The zero-order valence-electron chi connectivity index (χ0n) is 18.2. The quantitative estimate of drug-likeness (QED) is 0.488. The van der Waals surface area contributed by atoms with Crippen molar-refractivity contribution in [1.82, 2.24) is 0 Å². The first-order valence-corrected chi connectivity index (χ1v) is 10.9. The number of aromatic hydroxyl groups is 2. The van der Waals surface area contributed by atoms with E-state index in [9.17, 15) is 10.2 Å². The molecule has 0 heterocycles. The van der Waals surface area contributed by atoms with Crippen molar-refractivity contribution in [3.8, 4) is 22.6 Å². The lowest BCUT2D eigenvalue weighted by Gasteiger charge is -2.31. The summed E-state index contributed by atoms with van der Waals surface area (Å²) >= 11 is 0. The number of allylic oxidation sites excluding steroid dienone is 1. The normalized spacial score (nSPS) is 17.9. The maximum atomic E-state index is 11.3. The van der Waals surface area contributed by atoms with Gasteiger partial charge in [0.2, 0.25) is 0 Å². The van der Waals surface area contributed by atoms with Crippen LogP contribution in [0, 0.1) is 6.92 Å². The molecular formula is C27H29O2P. The van der Waals surface area contributed by atoms with Crippen LogP contribution in [-0.2, 0) is 10.8 Å². The molecule has 2 atom stereocenters. The van der Waals surface area contributed by atoms with Crippen molar-refractivity contribution in [2.24, 2.45) is 0 Å². The van der Waals surface area contributed by atoms with Crippen molar-refractivity contribution in [1.29, 1.82) is 0 Å². The molecule has 3 heteroatoms. The highest BCUT2D eigenvalue weighted by atomic mass is 31.0. The third-order valence-corrected chi connectivity index (χ3v) is 6.66. The average molecular weight is 417 g/mol. The Labute approximate surface area is 181 Å². The Morgan fingerprint density at radius 2 is 1.67 bits per heavy atom. The predicted molar refractivity (Wildman–Crippen MR) is 130 cm³/mol. The molecule has 3 aromatic carbocycles. The summed E-state index contributed by atoms with van der Waals surface area (Å²) in [6.07, 6.45) is 4.34. The molecule has 0 fully saturated rings. The standard InChI is InChI=1S/C27H29O2P/c1-16-14-18(25(29)20(15-16)26(2,3)4)23-21(28)10-11-22(30)24(23)27(5)13-12-17-8-6-7-9-19(17)27/h6-15,28-29H,30H2,1-5H3. The van der Waals surface area contributed by atoms with E-state index in [1.165, 1.54) is 11.1 Å². The number of hydrogen-bond donors (Lipinski definition) is 2. The number of rotatable bonds is 2. The van der Waals surface area contributed by atoms with E-state index in [1.807, 2.05) is 31.2 Å². The largest absolute Gasteiger partial charge is 0.507 e. The summed E-state index contributed by atoms with van der Waals surface area (Å²) in [7, 11) is 2.82. The molecule has 0 aliphatic heterocycles. The van der Waals surface area contributed by atoms with E-state index in [4.69, 9.17) is 0 Å². The Hall–Kier alpha value is -2.57. The summed E-state index contributed by atoms with van der Waals surface area (Å²) in [5.41, 5.74) is 6.04. The van der Waals surface area contributed by atoms with Crippen molar-refractivity contribution in [2.45, 2.75) is 45.4 Å². The molecule has 0 aromatic heterocycles. The Kier molecular flexibility index (Phi) is 4.83.